The summed E-state index contributed by atoms with van der Waals surface area (Å²) in [6, 6.07) is 10.2. The van der Waals surface area contributed by atoms with Crippen LogP contribution in [0.2, 0.25) is 5.02 Å². The van der Waals surface area contributed by atoms with E-state index in [0.717, 1.165) is 0 Å². The Balaban J connectivity index is 2.03. The van der Waals surface area contributed by atoms with Crippen LogP contribution in [-0.2, 0) is 6.54 Å². The zero-order valence-electron chi connectivity index (χ0n) is 10.6. The fourth-order valence-electron chi connectivity index (χ4n) is 1.67. The Labute approximate surface area is 123 Å². The summed E-state index contributed by atoms with van der Waals surface area (Å²) in [7, 11) is 0. The third kappa shape index (κ3) is 4.75. The number of halogens is 4. The van der Waals surface area contributed by atoms with Gasteiger partial charge in [-0.3, -0.25) is 0 Å². The number of aromatic hydroxyl groups is 1. The molecule has 2 aromatic rings. The molecule has 0 aliphatic rings. The molecule has 112 valence electrons. The van der Waals surface area contributed by atoms with Gasteiger partial charge < -0.3 is 15.2 Å². The van der Waals surface area contributed by atoms with Crippen LogP contribution in [0, 0.1) is 0 Å². The lowest BCUT2D eigenvalue weighted by Gasteiger charge is -2.11. The first-order valence-electron chi connectivity index (χ1n) is 5.90. The van der Waals surface area contributed by atoms with Gasteiger partial charge in [0.05, 0.1) is 5.02 Å². The molecule has 0 spiro atoms. The highest BCUT2D eigenvalue weighted by Gasteiger charge is 2.31. The number of benzene rings is 2. The smallest absolute Gasteiger partial charge is 0.506 e. The molecule has 0 aliphatic carbocycles. The summed E-state index contributed by atoms with van der Waals surface area (Å²) in [6.45, 7) is 0.288. The van der Waals surface area contributed by atoms with Gasteiger partial charge >= 0.3 is 6.36 Å². The molecule has 0 bridgehead atoms. The highest BCUT2D eigenvalue weighted by atomic mass is 35.5. The number of hydrogen-bond acceptors (Lipinski definition) is 3. The Hall–Kier alpha value is -2.08. The number of ether oxygens (including phenoxy) is 1. The van der Waals surface area contributed by atoms with Gasteiger partial charge in [0.1, 0.15) is 11.5 Å². The van der Waals surface area contributed by atoms with Gasteiger partial charge in [0.2, 0.25) is 0 Å². The minimum atomic E-state index is -4.71. The number of rotatable bonds is 4. The summed E-state index contributed by atoms with van der Waals surface area (Å²) in [5, 5.41) is 12.5. The molecule has 0 atom stereocenters. The second kappa shape index (κ2) is 6.13. The van der Waals surface area contributed by atoms with Gasteiger partial charge in [0, 0.05) is 12.2 Å². The average Bonchev–Trinajstić information content (AvgIpc) is 2.39. The molecule has 0 heterocycles. The second-order valence-electron chi connectivity index (χ2n) is 4.21. The molecule has 0 radical (unpaired) electrons. The molecular weight excluding hydrogens is 307 g/mol. The van der Waals surface area contributed by atoms with E-state index in [2.05, 4.69) is 10.1 Å². The van der Waals surface area contributed by atoms with Crippen LogP contribution in [0.25, 0.3) is 0 Å². The summed E-state index contributed by atoms with van der Waals surface area (Å²) in [4.78, 5) is 0. The first-order valence-corrected chi connectivity index (χ1v) is 6.28. The number of phenols is 1. The standard InChI is InChI=1S/C14H11ClF3NO2/c15-12-7-10(4-5-13(12)20)19-8-9-2-1-3-11(6-9)21-14(16,17)18/h1-7,19-20H,8H2. The summed E-state index contributed by atoms with van der Waals surface area (Å²) >= 11 is 5.76. The third-order valence-corrected chi connectivity index (χ3v) is 2.88. The van der Waals surface area contributed by atoms with Crippen LogP contribution < -0.4 is 10.1 Å². The van der Waals surface area contributed by atoms with Crippen molar-refractivity contribution >= 4 is 17.3 Å². The average molecular weight is 318 g/mol. The number of hydrogen-bond donors (Lipinski definition) is 2. The van der Waals surface area contributed by atoms with Crippen molar-refractivity contribution in [1.29, 1.82) is 0 Å². The second-order valence-corrected chi connectivity index (χ2v) is 4.62. The van der Waals surface area contributed by atoms with Gasteiger partial charge in [-0.1, -0.05) is 23.7 Å². The fourth-order valence-corrected chi connectivity index (χ4v) is 1.85. The molecule has 21 heavy (non-hydrogen) atoms. The molecule has 0 aliphatic heterocycles. The van der Waals surface area contributed by atoms with E-state index in [9.17, 15) is 18.3 Å². The largest absolute Gasteiger partial charge is 0.573 e. The van der Waals surface area contributed by atoms with Crippen molar-refractivity contribution in [2.45, 2.75) is 12.9 Å². The van der Waals surface area contributed by atoms with Crippen molar-refractivity contribution in [3.05, 3.63) is 53.1 Å². The van der Waals surface area contributed by atoms with E-state index >= 15 is 0 Å². The zero-order chi connectivity index (χ0) is 15.5. The van der Waals surface area contributed by atoms with E-state index in [1.54, 1.807) is 12.1 Å². The molecule has 0 unspecified atom stereocenters. The van der Waals surface area contributed by atoms with Crippen molar-refractivity contribution in [3.63, 3.8) is 0 Å². The lowest BCUT2D eigenvalue weighted by molar-refractivity contribution is -0.274. The summed E-state index contributed by atoms with van der Waals surface area (Å²) in [5.74, 6) is -0.312. The molecule has 0 aromatic heterocycles. The molecule has 0 saturated heterocycles. The predicted molar refractivity (Wildman–Crippen MR) is 73.6 cm³/mol. The maximum absolute atomic E-state index is 12.1. The molecule has 7 heteroatoms. The van der Waals surface area contributed by atoms with Crippen molar-refractivity contribution in [3.8, 4) is 11.5 Å². The van der Waals surface area contributed by atoms with Gasteiger partial charge in [-0.25, -0.2) is 0 Å². The Morgan fingerprint density at radius 2 is 1.90 bits per heavy atom. The van der Waals surface area contributed by atoms with Gasteiger partial charge in [-0.15, -0.1) is 13.2 Å². The molecular formula is C14H11ClF3NO2. The van der Waals surface area contributed by atoms with Crippen LogP contribution in [-0.4, -0.2) is 11.5 Å². The van der Waals surface area contributed by atoms with E-state index in [4.69, 9.17) is 11.6 Å². The van der Waals surface area contributed by atoms with Crippen LogP contribution in [0.1, 0.15) is 5.56 Å². The quantitative estimate of drug-likeness (QED) is 0.812. The third-order valence-electron chi connectivity index (χ3n) is 2.58. The highest BCUT2D eigenvalue weighted by Crippen LogP contribution is 2.27. The summed E-state index contributed by atoms with van der Waals surface area (Å²) < 4.78 is 40.2. The van der Waals surface area contributed by atoms with E-state index in [1.165, 1.54) is 30.3 Å². The van der Waals surface area contributed by atoms with E-state index in [1.807, 2.05) is 0 Å². The highest BCUT2D eigenvalue weighted by molar-refractivity contribution is 6.32. The van der Waals surface area contributed by atoms with Crippen molar-refractivity contribution in [2.24, 2.45) is 0 Å². The minimum absolute atomic E-state index is 0.0391. The van der Waals surface area contributed by atoms with E-state index < -0.39 is 6.36 Å². The predicted octanol–water partition coefficient (Wildman–Crippen LogP) is 4.56. The molecule has 0 saturated carbocycles. The Morgan fingerprint density at radius 1 is 1.14 bits per heavy atom. The summed E-state index contributed by atoms with van der Waals surface area (Å²) in [6.07, 6.45) is -4.71. The number of phenolic OH excluding ortho intramolecular Hbond substituents is 1. The van der Waals surface area contributed by atoms with Crippen molar-refractivity contribution in [1.82, 2.24) is 0 Å². The molecule has 0 amide bonds. The minimum Gasteiger partial charge on any atom is -0.506 e. The summed E-state index contributed by atoms with van der Waals surface area (Å²) in [5.41, 5.74) is 1.25. The number of alkyl halides is 3. The van der Waals surface area contributed by atoms with Crippen molar-refractivity contribution in [2.75, 3.05) is 5.32 Å². The normalized spacial score (nSPS) is 11.2. The first kappa shape index (κ1) is 15.3. The molecule has 2 rings (SSSR count). The van der Waals surface area contributed by atoms with Gasteiger partial charge in [-0.2, -0.15) is 0 Å². The van der Waals surface area contributed by atoms with Gasteiger partial charge in [-0.05, 0) is 35.9 Å². The lowest BCUT2D eigenvalue weighted by atomic mass is 10.2. The maximum Gasteiger partial charge on any atom is 0.573 e. The van der Waals surface area contributed by atoms with Crippen molar-refractivity contribution < 1.29 is 23.0 Å². The van der Waals surface area contributed by atoms with Crippen LogP contribution in [0.4, 0.5) is 18.9 Å². The molecule has 3 nitrogen and oxygen atoms in total. The lowest BCUT2D eigenvalue weighted by Crippen LogP contribution is -2.17. The van der Waals surface area contributed by atoms with Crippen LogP contribution in [0.15, 0.2) is 42.5 Å². The maximum atomic E-state index is 12.1. The zero-order valence-corrected chi connectivity index (χ0v) is 11.4. The SMILES string of the molecule is Oc1ccc(NCc2cccc(OC(F)(F)F)c2)cc1Cl. The molecule has 2 N–H and O–H groups in total. The van der Waals surface area contributed by atoms with E-state index in [0.29, 0.717) is 11.3 Å². The van der Waals surface area contributed by atoms with Gasteiger partial charge in [0.15, 0.2) is 0 Å². The fraction of sp³-hybridized carbons (Fsp3) is 0.143. The molecule has 0 fully saturated rings. The monoisotopic (exact) mass is 317 g/mol. The molecule has 2 aromatic carbocycles. The van der Waals surface area contributed by atoms with E-state index in [-0.39, 0.29) is 23.1 Å². The number of nitrogens with one attached hydrogen (secondary N) is 1. The Morgan fingerprint density at radius 3 is 2.57 bits per heavy atom. The number of anilines is 1. The topological polar surface area (TPSA) is 41.5 Å². The first-order chi connectivity index (χ1) is 9.83. The van der Waals surface area contributed by atoms with Gasteiger partial charge in [0.25, 0.3) is 0 Å². The van der Waals surface area contributed by atoms with Crippen LogP contribution in [0.3, 0.4) is 0 Å². The van der Waals surface area contributed by atoms with Crippen LogP contribution >= 0.6 is 11.6 Å². The van der Waals surface area contributed by atoms with Crippen LogP contribution in [0.5, 0.6) is 11.5 Å². The Bertz CT molecular complexity index is 632. The Kier molecular flexibility index (Phi) is 4.47.